The molecule has 2 rings (SSSR count). The highest BCUT2D eigenvalue weighted by Crippen LogP contribution is 2.21. The smallest absolute Gasteiger partial charge is 0.312 e. The largest absolute Gasteiger partial charge is 0.352 e. The molecule has 0 spiro atoms. The van der Waals surface area contributed by atoms with E-state index in [2.05, 4.69) is 10.6 Å². The van der Waals surface area contributed by atoms with Gasteiger partial charge in [-0.3, -0.25) is 4.79 Å². The average Bonchev–Trinajstić information content (AvgIpc) is 2.55. The van der Waals surface area contributed by atoms with E-state index in [0.29, 0.717) is 12.0 Å². The number of halogens is 1. The van der Waals surface area contributed by atoms with Crippen LogP contribution in [0.15, 0.2) is 54.6 Å². The van der Waals surface area contributed by atoms with Crippen LogP contribution in [0.4, 0.5) is 9.18 Å². The predicted molar refractivity (Wildman–Crippen MR) is 89.6 cm³/mol. The van der Waals surface area contributed by atoms with Gasteiger partial charge in [-0.1, -0.05) is 48.5 Å². The highest BCUT2D eigenvalue weighted by molar-refractivity contribution is 5.86. The fraction of sp³-hybridized carbons (Fsp3) is 0.222. The van der Waals surface area contributed by atoms with Crippen molar-refractivity contribution >= 4 is 11.9 Å². The second-order valence-electron chi connectivity index (χ2n) is 5.50. The summed E-state index contributed by atoms with van der Waals surface area (Å²) in [5, 5.41) is 5.09. The molecule has 0 fully saturated rings. The third kappa shape index (κ3) is 4.81. The van der Waals surface area contributed by atoms with Crippen LogP contribution in [0.5, 0.6) is 0 Å². The maximum Gasteiger partial charge on any atom is 0.312 e. The molecular weight excluding hydrogens is 309 g/mol. The maximum absolute atomic E-state index is 14.2. The van der Waals surface area contributed by atoms with Crippen LogP contribution in [0.1, 0.15) is 24.1 Å². The summed E-state index contributed by atoms with van der Waals surface area (Å²) < 4.78 is 14.2. The lowest BCUT2D eigenvalue weighted by atomic mass is 9.98. The zero-order valence-electron chi connectivity index (χ0n) is 13.3. The minimum Gasteiger partial charge on any atom is -0.352 e. The number of hydrogen-bond acceptors (Lipinski definition) is 2. The Morgan fingerprint density at radius 1 is 1.04 bits per heavy atom. The van der Waals surface area contributed by atoms with Crippen LogP contribution in [-0.2, 0) is 11.2 Å². The quantitative estimate of drug-likeness (QED) is 0.759. The molecule has 0 aliphatic heterocycles. The van der Waals surface area contributed by atoms with E-state index >= 15 is 0 Å². The Labute approximate surface area is 140 Å². The number of urea groups is 1. The van der Waals surface area contributed by atoms with Crippen molar-refractivity contribution in [2.75, 3.05) is 0 Å². The average molecular weight is 329 g/mol. The highest BCUT2D eigenvalue weighted by atomic mass is 19.1. The number of amides is 3. The minimum atomic E-state index is -0.812. The summed E-state index contributed by atoms with van der Waals surface area (Å²) in [6, 6.07) is 13.6. The lowest BCUT2D eigenvalue weighted by Crippen LogP contribution is -2.48. The first-order valence-electron chi connectivity index (χ1n) is 7.62. The van der Waals surface area contributed by atoms with Gasteiger partial charge in [-0.15, -0.1) is 0 Å². The lowest BCUT2D eigenvalue weighted by Gasteiger charge is -2.22. The van der Waals surface area contributed by atoms with Crippen molar-refractivity contribution in [1.29, 1.82) is 0 Å². The van der Waals surface area contributed by atoms with Crippen LogP contribution in [0.25, 0.3) is 0 Å². The van der Waals surface area contributed by atoms with Crippen molar-refractivity contribution in [2.24, 2.45) is 5.73 Å². The number of nitrogens with two attached hydrogens (primary N) is 1. The Balaban J connectivity index is 2.21. The van der Waals surface area contributed by atoms with E-state index in [0.717, 1.165) is 5.56 Å². The number of carbonyl (C=O) groups excluding carboxylic acids is 2. The van der Waals surface area contributed by atoms with Crippen LogP contribution >= 0.6 is 0 Å². The molecular formula is C18H20FN3O2. The van der Waals surface area contributed by atoms with Crippen molar-refractivity contribution in [3.05, 3.63) is 71.5 Å². The van der Waals surface area contributed by atoms with Gasteiger partial charge in [0.1, 0.15) is 11.9 Å². The lowest BCUT2D eigenvalue weighted by molar-refractivity contribution is -0.123. The van der Waals surface area contributed by atoms with Gasteiger partial charge < -0.3 is 16.4 Å². The van der Waals surface area contributed by atoms with Crippen molar-refractivity contribution in [1.82, 2.24) is 10.6 Å². The van der Waals surface area contributed by atoms with Crippen molar-refractivity contribution < 1.29 is 14.0 Å². The molecule has 0 unspecified atom stereocenters. The SMILES string of the molecule is C[C@@H](NC(N)=O)C(=O)N[C@H](Cc1ccccc1)c1ccccc1F. The first kappa shape index (κ1) is 17.5. The van der Waals surface area contributed by atoms with E-state index in [4.69, 9.17) is 5.73 Å². The molecule has 0 heterocycles. The third-order valence-corrected chi connectivity index (χ3v) is 3.63. The van der Waals surface area contributed by atoms with Gasteiger partial charge in [-0.25, -0.2) is 9.18 Å². The van der Waals surface area contributed by atoms with Gasteiger partial charge in [0.2, 0.25) is 5.91 Å². The first-order chi connectivity index (χ1) is 11.5. The van der Waals surface area contributed by atoms with E-state index in [-0.39, 0.29) is 0 Å². The Morgan fingerprint density at radius 2 is 1.67 bits per heavy atom. The molecule has 0 aromatic heterocycles. The molecule has 2 aromatic carbocycles. The fourth-order valence-corrected chi connectivity index (χ4v) is 2.42. The summed E-state index contributed by atoms with van der Waals surface area (Å²) in [5.41, 5.74) is 6.38. The van der Waals surface area contributed by atoms with Crippen LogP contribution in [0.3, 0.4) is 0 Å². The molecule has 5 nitrogen and oxygen atoms in total. The number of nitrogens with one attached hydrogen (secondary N) is 2. The van der Waals surface area contributed by atoms with E-state index in [9.17, 15) is 14.0 Å². The van der Waals surface area contributed by atoms with Crippen LogP contribution < -0.4 is 16.4 Å². The number of hydrogen-bond donors (Lipinski definition) is 3. The fourth-order valence-electron chi connectivity index (χ4n) is 2.42. The third-order valence-electron chi connectivity index (χ3n) is 3.63. The molecule has 0 radical (unpaired) electrons. The molecule has 3 amide bonds. The zero-order chi connectivity index (χ0) is 17.5. The number of carbonyl (C=O) groups is 2. The second-order valence-corrected chi connectivity index (χ2v) is 5.50. The Hall–Kier alpha value is -2.89. The standard InChI is InChI=1S/C18H20FN3O2/c1-12(21-18(20)24)17(23)22-16(11-13-7-3-2-4-8-13)14-9-5-6-10-15(14)19/h2-10,12,16H,11H2,1H3,(H,22,23)(H3,20,21,24)/t12-,16-/m1/s1. The topological polar surface area (TPSA) is 84.2 Å². The van der Waals surface area contributed by atoms with Crippen molar-refractivity contribution in [3.63, 3.8) is 0 Å². The molecule has 2 atom stereocenters. The van der Waals surface area contributed by atoms with Gasteiger partial charge in [0.05, 0.1) is 6.04 Å². The highest BCUT2D eigenvalue weighted by Gasteiger charge is 2.22. The van der Waals surface area contributed by atoms with E-state index in [1.54, 1.807) is 18.2 Å². The van der Waals surface area contributed by atoms with Crippen LogP contribution in [-0.4, -0.2) is 18.0 Å². The Bertz CT molecular complexity index is 706. The number of primary amides is 1. The number of benzene rings is 2. The number of rotatable bonds is 6. The summed E-state index contributed by atoms with van der Waals surface area (Å²) >= 11 is 0. The summed E-state index contributed by atoms with van der Waals surface area (Å²) in [4.78, 5) is 23.1. The summed E-state index contributed by atoms with van der Waals surface area (Å²) in [6.45, 7) is 1.51. The van der Waals surface area contributed by atoms with Crippen LogP contribution in [0, 0.1) is 5.82 Å². The molecule has 0 saturated carbocycles. The molecule has 126 valence electrons. The first-order valence-corrected chi connectivity index (χ1v) is 7.62. The molecule has 0 saturated heterocycles. The molecule has 4 N–H and O–H groups in total. The molecule has 2 aromatic rings. The van der Waals surface area contributed by atoms with E-state index in [1.807, 2.05) is 30.3 Å². The predicted octanol–water partition coefficient (Wildman–Crippen LogP) is 2.28. The van der Waals surface area contributed by atoms with Gasteiger partial charge in [-0.05, 0) is 25.0 Å². The van der Waals surface area contributed by atoms with Gasteiger partial charge in [0.25, 0.3) is 0 Å². The zero-order valence-corrected chi connectivity index (χ0v) is 13.3. The second kappa shape index (κ2) is 8.10. The summed E-state index contributed by atoms with van der Waals surface area (Å²) in [7, 11) is 0. The summed E-state index contributed by atoms with van der Waals surface area (Å²) in [5.74, 6) is -0.827. The summed E-state index contributed by atoms with van der Waals surface area (Å²) in [6.07, 6.45) is 0.427. The minimum absolute atomic E-state index is 0.390. The van der Waals surface area contributed by atoms with Gasteiger partial charge in [0, 0.05) is 5.56 Å². The van der Waals surface area contributed by atoms with Gasteiger partial charge in [0.15, 0.2) is 0 Å². The molecule has 0 bridgehead atoms. The molecule has 0 aliphatic carbocycles. The Kier molecular flexibility index (Phi) is 5.89. The molecule has 24 heavy (non-hydrogen) atoms. The molecule has 6 heteroatoms. The van der Waals surface area contributed by atoms with Crippen molar-refractivity contribution in [2.45, 2.75) is 25.4 Å². The molecule has 0 aliphatic rings. The monoisotopic (exact) mass is 329 g/mol. The van der Waals surface area contributed by atoms with Crippen LogP contribution in [0.2, 0.25) is 0 Å². The Morgan fingerprint density at radius 3 is 2.29 bits per heavy atom. The van der Waals surface area contributed by atoms with Crippen molar-refractivity contribution in [3.8, 4) is 0 Å². The maximum atomic E-state index is 14.2. The van der Waals surface area contributed by atoms with E-state index in [1.165, 1.54) is 13.0 Å². The normalized spacial score (nSPS) is 12.9. The van der Waals surface area contributed by atoms with Gasteiger partial charge >= 0.3 is 6.03 Å². The van der Waals surface area contributed by atoms with Gasteiger partial charge in [-0.2, -0.15) is 0 Å². The van der Waals surface area contributed by atoms with E-state index < -0.39 is 29.8 Å².